The molecule has 0 amide bonds. The summed E-state index contributed by atoms with van der Waals surface area (Å²) in [5.41, 5.74) is 1.89. The van der Waals surface area contributed by atoms with Crippen LogP contribution in [0.4, 0.5) is 4.39 Å². The molecule has 1 fully saturated rings. The predicted octanol–water partition coefficient (Wildman–Crippen LogP) is 2.79. The van der Waals surface area contributed by atoms with Gasteiger partial charge in [0, 0.05) is 31.8 Å². The average Bonchev–Trinajstić information content (AvgIpc) is 3.28. The lowest BCUT2D eigenvalue weighted by Gasteiger charge is -2.18. The Bertz CT molecular complexity index is 435. The molecule has 4 heteroatoms. The molecule has 0 heterocycles. The van der Waals surface area contributed by atoms with Crippen molar-refractivity contribution in [3.05, 3.63) is 35.1 Å². The van der Waals surface area contributed by atoms with E-state index in [4.69, 9.17) is 4.74 Å². The van der Waals surface area contributed by atoms with Gasteiger partial charge in [0.25, 0.3) is 0 Å². The van der Waals surface area contributed by atoms with Gasteiger partial charge in [-0.1, -0.05) is 19.1 Å². The fourth-order valence-electron chi connectivity index (χ4n) is 2.25. The number of hydrogen-bond donors (Lipinski definition) is 1. The predicted molar refractivity (Wildman–Crippen MR) is 83.7 cm³/mol. The van der Waals surface area contributed by atoms with E-state index in [0.717, 1.165) is 49.9 Å². The molecule has 0 spiro atoms. The van der Waals surface area contributed by atoms with E-state index in [2.05, 4.69) is 17.1 Å². The van der Waals surface area contributed by atoms with Crippen molar-refractivity contribution in [1.82, 2.24) is 10.2 Å². The second-order valence-corrected chi connectivity index (χ2v) is 5.96. The third kappa shape index (κ3) is 6.12. The summed E-state index contributed by atoms with van der Waals surface area (Å²) in [5.74, 6) is 0.677. The van der Waals surface area contributed by atoms with E-state index in [1.54, 1.807) is 6.07 Å². The Morgan fingerprint density at radius 2 is 2.19 bits per heavy atom. The van der Waals surface area contributed by atoms with Gasteiger partial charge in [-0.3, -0.25) is 4.90 Å². The van der Waals surface area contributed by atoms with Gasteiger partial charge in [-0.05, 0) is 44.0 Å². The highest BCUT2D eigenvalue weighted by molar-refractivity contribution is 5.25. The Kier molecular flexibility index (Phi) is 6.61. The molecule has 1 aliphatic rings. The Morgan fingerprint density at radius 3 is 2.90 bits per heavy atom. The van der Waals surface area contributed by atoms with Crippen LogP contribution >= 0.6 is 0 Å². The van der Waals surface area contributed by atoms with Crippen molar-refractivity contribution in [1.29, 1.82) is 0 Å². The van der Waals surface area contributed by atoms with E-state index in [0.29, 0.717) is 6.54 Å². The molecule has 1 N–H and O–H groups in total. The van der Waals surface area contributed by atoms with Gasteiger partial charge in [0.2, 0.25) is 0 Å². The van der Waals surface area contributed by atoms with Gasteiger partial charge < -0.3 is 10.1 Å². The molecule has 0 unspecified atom stereocenters. The Morgan fingerprint density at radius 1 is 1.38 bits per heavy atom. The Balaban J connectivity index is 1.76. The lowest BCUT2D eigenvalue weighted by molar-refractivity contribution is 0.101. The maximum atomic E-state index is 13.9. The first kappa shape index (κ1) is 16.4. The van der Waals surface area contributed by atoms with Gasteiger partial charge in [0.1, 0.15) is 5.82 Å². The summed E-state index contributed by atoms with van der Waals surface area (Å²) in [7, 11) is 2.01. The van der Waals surface area contributed by atoms with Gasteiger partial charge >= 0.3 is 0 Å². The Hall–Kier alpha value is -0.970. The smallest absolute Gasteiger partial charge is 0.127 e. The van der Waals surface area contributed by atoms with Gasteiger partial charge in [-0.15, -0.1) is 0 Å². The zero-order chi connectivity index (χ0) is 15.1. The van der Waals surface area contributed by atoms with E-state index >= 15 is 0 Å². The third-order valence-corrected chi connectivity index (χ3v) is 3.80. The monoisotopic (exact) mass is 294 g/mol. The maximum absolute atomic E-state index is 13.9. The highest BCUT2D eigenvalue weighted by atomic mass is 19.1. The van der Waals surface area contributed by atoms with Crippen molar-refractivity contribution in [2.75, 3.05) is 33.4 Å². The number of nitrogens with zero attached hydrogens (tertiary/aromatic N) is 1. The van der Waals surface area contributed by atoms with E-state index in [-0.39, 0.29) is 5.82 Å². The van der Waals surface area contributed by atoms with Crippen molar-refractivity contribution in [3.63, 3.8) is 0 Å². The molecule has 0 saturated heterocycles. The van der Waals surface area contributed by atoms with E-state index in [9.17, 15) is 4.39 Å². The molecule has 0 bridgehead atoms. The number of hydrogen-bond acceptors (Lipinski definition) is 3. The summed E-state index contributed by atoms with van der Waals surface area (Å²) in [6.45, 7) is 6.86. The molecule has 1 aromatic rings. The second-order valence-electron chi connectivity index (χ2n) is 5.96. The van der Waals surface area contributed by atoms with E-state index in [1.807, 2.05) is 19.2 Å². The molecule has 0 atom stereocenters. The molecular weight excluding hydrogens is 267 g/mol. The minimum Gasteiger partial charge on any atom is -0.380 e. The largest absolute Gasteiger partial charge is 0.380 e. The Labute approximate surface area is 127 Å². The topological polar surface area (TPSA) is 24.5 Å². The van der Waals surface area contributed by atoms with Crippen LogP contribution in [0.5, 0.6) is 0 Å². The number of nitrogens with one attached hydrogen (secondary N) is 1. The average molecular weight is 294 g/mol. The molecule has 0 aromatic heterocycles. The summed E-state index contributed by atoms with van der Waals surface area (Å²) >= 11 is 0. The molecule has 1 aromatic carbocycles. The van der Waals surface area contributed by atoms with Crippen LogP contribution in [0.15, 0.2) is 18.2 Å². The van der Waals surface area contributed by atoms with Crippen LogP contribution in [0.25, 0.3) is 0 Å². The number of benzene rings is 1. The van der Waals surface area contributed by atoms with Crippen molar-refractivity contribution in [3.8, 4) is 0 Å². The lowest BCUT2D eigenvalue weighted by Crippen LogP contribution is -2.24. The van der Waals surface area contributed by atoms with Crippen LogP contribution in [0.2, 0.25) is 0 Å². The van der Waals surface area contributed by atoms with Gasteiger partial charge in [0.05, 0.1) is 6.61 Å². The van der Waals surface area contributed by atoms with Crippen LogP contribution < -0.4 is 5.32 Å². The summed E-state index contributed by atoms with van der Waals surface area (Å²) in [6, 6.07) is 5.37. The fraction of sp³-hybridized carbons (Fsp3) is 0.647. The summed E-state index contributed by atoms with van der Waals surface area (Å²) in [5, 5.41) is 3.27. The van der Waals surface area contributed by atoms with Gasteiger partial charge in [-0.25, -0.2) is 4.39 Å². The van der Waals surface area contributed by atoms with Gasteiger partial charge in [-0.2, -0.15) is 0 Å². The SMILES string of the molecule is CCNCc1ccc(F)c(CN(C)CCOCC2CC2)c1. The zero-order valence-corrected chi connectivity index (χ0v) is 13.2. The molecule has 1 aliphatic carbocycles. The van der Waals surface area contributed by atoms with Crippen molar-refractivity contribution in [2.45, 2.75) is 32.9 Å². The van der Waals surface area contributed by atoms with Crippen molar-refractivity contribution >= 4 is 0 Å². The van der Waals surface area contributed by atoms with Crippen molar-refractivity contribution in [2.24, 2.45) is 5.92 Å². The second kappa shape index (κ2) is 8.47. The maximum Gasteiger partial charge on any atom is 0.127 e. The molecule has 3 nitrogen and oxygen atoms in total. The van der Waals surface area contributed by atoms with E-state index < -0.39 is 0 Å². The summed E-state index contributed by atoms with van der Waals surface area (Å²) < 4.78 is 19.5. The first-order chi connectivity index (χ1) is 10.2. The van der Waals surface area contributed by atoms with Gasteiger partial charge in [0.15, 0.2) is 0 Å². The molecule has 118 valence electrons. The molecule has 1 saturated carbocycles. The number of likely N-dealkylation sites (N-methyl/N-ethyl adjacent to an activating group) is 1. The fourth-order valence-corrected chi connectivity index (χ4v) is 2.25. The van der Waals surface area contributed by atoms with Crippen LogP contribution in [0.1, 0.15) is 30.9 Å². The molecule has 2 rings (SSSR count). The highest BCUT2D eigenvalue weighted by Gasteiger charge is 2.21. The van der Waals surface area contributed by atoms with E-state index in [1.165, 1.54) is 12.8 Å². The van der Waals surface area contributed by atoms with Crippen LogP contribution in [0, 0.1) is 11.7 Å². The van der Waals surface area contributed by atoms with Crippen LogP contribution in [-0.4, -0.2) is 38.3 Å². The minimum atomic E-state index is -0.124. The normalized spacial score (nSPS) is 14.9. The lowest BCUT2D eigenvalue weighted by atomic mass is 10.1. The molecule has 0 aliphatic heterocycles. The summed E-state index contributed by atoms with van der Waals surface area (Å²) in [6.07, 6.45) is 2.64. The number of rotatable bonds is 10. The first-order valence-electron chi connectivity index (χ1n) is 7.93. The third-order valence-electron chi connectivity index (χ3n) is 3.80. The zero-order valence-electron chi connectivity index (χ0n) is 13.2. The highest BCUT2D eigenvalue weighted by Crippen LogP contribution is 2.28. The molecule has 0 radical (unpaired) electrons. The number of ether oxygens (including phenoxy) is 1. The minimum absolute atomic E-state index is 0.124. The summed E-state index contributed by atoms with van der Waals surface area (Å²) in [4.78, 5) is 2.11. The standard InChI is InChI=1S/C17H27FN2O/c1-3-19-11-15-6-7-17(18)16(10-15)12-20(2)8-9-21-13-14-4-5-14/h6-7,10,14,19H,3-5,8-9,11-13H2,1-2H3. The quantitative estimate of drug-likeness (QED) is 0.672. The first-order valence-corrected chi connectivity index (χ1v) is 7.93. The molecule has 21 heavy (non-hydrogen) atoms. The van der Waals surface area contributed by atoms with Crippen molar-refractivity contribution < 1.29 is 9.13 Å². The van der Waals surface area contributed by atoms with Crippen LogP contribution in [-0.2, 0) is 17.8 Å². The molecular formula is C17H27FN2O. The number of halogens is 1. The van der Waals surface area contributed by atoms with Crippen LogP contribution in [0.3, 0.4) is 0 Å².